The van der Waals surface area contributed by atoms with E-state index in [-0.39, 0.29) is 17.1 Å². The molecule has 28 heavy (non-hydrogen) atoms. The van der Waals surface area contributed by atoms with Gasteiger partial charge in [0.05, 0.1) is 34.0 Å². The van der Waals surface area contributed by atoms with Crippen molar-refractivity contribution in [2.24, 2.45) is 0 Å². The number of rotatable bonds is 8. The summed E-state index contributed by atoms with van der Waals surface area (Å²) < 4.78 is 26.2. The quantitative estimate of drug-likeness (QED) is 0.297. The van der Waals surface area contributed by atoms with E-state index in [2.05, 4.69) is 0 Å². The number of allylic oxidation sites excluding steroid dienone is 1. The molecule has 0 aliphatic rings. The van der Waals surface area contributed by atoms with Gasteiger partial charge in [-0.15, -0.1) is 0 Å². The molecular formula is C21H22O7. The van der Waals surface area contributed by atoms with Crippen LogP contribution in [0.3, 0.4) is 0 Å². The van der Waals surface area contributed by atoms with Crippen LogP contribution < -0.4 is 23.7 Å². The lowest BCUT2D eigenvalue weighted by Crippen LogP contribution is -2.07. The van der Waals surface area contributed by atoms with Crippen molar-refractivity contribution >= 4 is 17.8 Å². The third kappa shape index (κ3) is 4.62. The first-order valence-corrected chi connectivity index (χ1v) is 8.33. The number of ether oxygens (including phenoxy) is 5. The molecule has 0 bridgehead atoms. The van der Waals surface area contributed by atoms with Gasteiger partial charge in [-0.1, -0.05) is 0 Å². The van der Waals surface area contributed by atoms with Gasteiger partial charge < -0.3 is 23.7 Å². The van der Waals surface area contributed by atoms with E-state index in [4.69, 9.17) is 23.7 Å². The highest BCUT2D eigenvalue weighted by Gasteiger charge is 2.16. The Bertz CT molecular complexity index is 900. The summed E-state index contributed by atoms with van der Waals surface area (Å²) in [5, 5.41) is 0. The van der Waals surface area contributed by atoms with Crippen LogP contribution in [-0.2, 0) is 4.79 Å². The van der Waals surface area contributed by atoms with Crippen LogP contribution in [0.1, 0.15) is 22.8 Å². The fourth-order valence-corrected chi connectivity index (χ4v) is 2.58. The fourth-order valence-electron chi connectivity index (χ4n) is 2.58. The molecule has 7 nitrogen and oxygen atoms in total. The molecule has 0 aliphatic heterocycles. The van der Waals surface area contributed by atoms with Gasteiger partial charge in [0, 0.05) is 18.6 Å². The summed E-state index contributed by atoms with van der Waals surface area (Å²) in [5.41, 5.74) is 0.850. The minimum Gasteiger partial charge on any atom is -0.497 e. The standard InChI is InChI=1S/C21H22O7/c1-13(22)28-19-12-15(24-2)8-9-16(19)17(23)10-6-14-7-11-18(25-3)21(27-5)20(14)26-4/h6-12H,1-5H3. The van der Waals surface area contributed by atoms with E-state index >= 15 is 0 Å². The van der Waals surface area contributed by atoms with Gasteiger partial charge in [0.1, 0.15) is 11.5 Å². The first-order chi connectivity index (χ1) is 13.4. The van der Waals surface area contributed by atoms with Crippen molar-refractivity contribution in [2.45, 2.75) is 6.92 Å². The van der Waals surface area contributed by atoms with E-state index in [9.17, 15) is 9.59 Å². The molecule has 0 radical (unpaired) electrons. The first kappa shape index (κ1) is 20.8. The minimum absolute atomic E-state index is 0.126. The van der Waals surface area contributed by atoms with Crippen LogP contribution in [0.25, 0.3) is 6.08 Å². The van der Waals surface area contributed by atoms with Gasteiger partial charge in [-0.3, -0.25) is 9.59 Å². The molecule has 0 saturated carbocycles. The molecule has 0 saturated heterocycles. The summed E-state index contributed by atoms with van der Waals surface area (Å²) >= 11 is 0. The number of hydrogen-bond acceptors (Lipinski definition) is 7. The van der Waals surface area contributed by atoms with Gasteiger partial charge in [0.15, 0.2) is 17.3 Å². The molecule has 2 aromatic rings. The van der Waals surface area contributed by atoms with Gasteiger partial charge in [-0.05, 0) is 36.4 Å². The summed E-state index contributed by atoms with van der Waals surface area (Å²) in [6.45, 7) is 1.26. The van der Waals surface area contributed by atoms with Crippen molar-refractivity contribution in [2.75, 3.05) is 28.4 Å². The van der Waals surface area contributed by atoms with Crippen molar-refractivity contribution in [1.29, 1.82) is 0 Å². The van der Waals surface area contributed by atoms with Crippen molar-refractivity contribution in [3.63, 3.8) is 0 Å². The molecule has 148 valence electrons. The Hall–Kier alpha value is -3.48. The largest absolute Gasteiger partial charge is 0.497 e. The molecule has 0 spiro atoms. The summed E-state index contributed by atoms with van der Waals surface area (Å²) in [7, 11) is 6.01. The molecule has 0 fully saturated rings. The van der Waals surface area contributed by atoms with E-state index < -0.39 is 5.97 Å². The lowest BCUT2D eigenvalue weighted by molar-refractivity contribution is -0.131. The zero-order valence-electron chi connectivity index (χ0n) is 16.4. The zero-order chi connectivity index (χ0) is 20.7. The molecule has 7 heteroatoms. The molecule has 0 aromatic heterocycles. The van der Waals surface area contributed by atoms with E-state index in [0.717, 1.165) is 0 Å². The number of esters is 1. The maximum absolute atomic E-state index is 12.7. The fraction of sp³-hybridized carbons (Fsp3) is 0.238. The molecule has 2 aromatic carbocycles. The summed E-state index contributed by atoms with van der Waals surface area (Å²) in [6, 6.07) is 8.09. The summed E-state index contributed by atoms with van der Waals surface area (Å²) in [5.74, 6) is 1.07. The van der Waals surface area contributed by atoms with E-state index in [1.807, 2.05) is 0 Å². The van der Waals surface area contributed by atoms with E-state index in [1.54, 1.807) is 24.3 Å². The summed E-state index contributed by atoms with van der Waals surface area (Å²) in [6.07, 6.45) is 2.95. The van der Waals surface area contributed by atoms with Crippen molar-refractivity contribution in [3.8, 4) is 28.7 Å². The van der Waals surface area contributed by atoms with Gasteiger partial charge in [-0.25, -0.2) is 0 Å². The average Bonchev–Trinajstić information content (AvgIpc) is 2.70. The first-order valence-electron chi connectivity index (χ1n) is 8.33. The van der Waals surface area contributed by atoms with E-state index in [1.165, 1.54) is 53.6 Å². The maximum atomic E-state index is 12.7. The summed E-state index contributed by atoms with van der Waals surface area (Å²) in [4.78, 5) is 24.0. The lowest BCUT2D eigenvalue weighted by atomic mass is 10.1. The predicted octanol–water partition coefficient (Wildman–Crippen LogP) is 3.54. The Kier molecular flexibility index (Phi) is 7.03. The van der Waals surface area contributed by atoms with Gasteiger partial charge >= 0.3 is 5.97 Å². The van der Waals surface area contributed by atoms with Crippen molar-refractivity contribution in [3.05, 3.63) is 47.5 Å². The minimum atomic E-state index is -0.534. The number of ketones is 1. The number of carbonyl (C=O) groups excluding carboxylic acids is 2. The predicted molar refractivity (Wildman–Crippen MR) is 104 cm³/mol. The van der Waals surface area contributed by atoms with Gasteiger partial charge in [0.25, 0.3) is 0 Å². The van der Waals surface area contributed by atoms with Gasteiger partial charge in [-0.2, -0.15) is 0 Å². The van der Waals surface area contributed by atoms with Crippen molar-refractivity contribution in [1.82, 2.24) is 0 Å². The zero-order valence-corrected chi connectivity index (χ0v) is 16.4. The highest BCUT2D eigenvalue weighted by Crippen LogP contribution is 2.40. The smallest absolute Gasteiger partial charge is 0.308 e. The second-order valence-electron chi connectivity index (χ2n) is 5.58. The molecule has 2 rings (SSSR count). The lowest BCUT2D eigenvalue weighted by Gasteiger charge is -2.14. The Labute approximate surface area is 163 Å². The van der Waals surface area contributed by atoms with Crippen LogP contribution in [0.2, 0.25) is 0 Å². The Morgan fingerprint density at radius 1 is 0.821 bits per heavy atom. The number of methoxy groups -OCH3 is 4. The highest BCUT2D eigenvalue weighted by atomic mass is 16.5. The number of carbonyl (C=O) groups is 2. The van der Waals surface area contributed by atoms with Crippen LogP contribution in [0.15, 0.2) is 36.4 Å². The number of benzene rings is 2. The van der Waals surface area contributed by atoms with E-state index in [0.29, 0.717) is 28.6 Å². The maximum Gasteiger partial charge on any atom is 0.308 e. The normalized spacial score (nSPS) is 10.5. The van der Waals surface area contributed by atoms with Crippen molar-refractivity contribution < 1.29 is 33.3 Å². The molecule has 0 aliphatic carbocycles. The molecule has 0 amide bonds. The average molecular weight is 386 g/mol. The second kappa shape index (κ2) is 9.45. The molecular weight excluding hydrogens is 364 g/mol. The monoisotopic (exact) mass is 386 g/mol. The third-order valence-electron chi connectivity index (χ3n) is 3.86. The van der Waals surface area contributed by atoms with Gasteiger partial charge in [0.2, 0.25) is 5.75 Å². The Morgan fingerprint density at radius 2 is 1.54 bits per heavy atom. The van der Waals surface area contributed by atoms with Crippen LogP contribution in [-0.4, -0.2) is 40.2 Å². The van der Waals surface area contributed by atoms with Crippen LogP contribution in [0.4, 0.5) is 0 Å². The number of hydrogen-bond donors (Lipinski definition) is 0. The Balaban J connectivity index is 2.40. The molecule has 0 heterocycles. The van der Waals surface area contributed by atoms with Crippen LogP contribution in [0.5, 0.6) is 28.7 Å². The third-order valence-corrected chi connectivity index (χ3v) is 3.86. The molecule has 0 atom stereocenters. The molecule has 0 unspecified atom stereocenters. The highest BCUT2D eigenvalue weighted by molar-refractivity contribution is 6.09. The second-order valence-corrected chi connectivity index (χ2v) is 5.58. The topological polar surface area (TPSA) is 80.3 Å². The SMILES string of the molecule is COc1ccc(C(=O)C=Cc2ccc(OC)c(OC)c2OC)c(OC(C)=O)c1. The van der Waals surface area contributed by atoms with Crippen LogP contribution in [0, 0.1) is 0 Å². The molecule has 0 N–H and O–H groups in total. The Morgan fingerprint density at radius 3 is 2.11 bits per heavy atom. The van der Waals surface area contributed by atoms with Crippen LogP contribution >= 0.6 is 0 Å².